The van der Waals surface area contributed by atoms with Crippen LogP contribution in [0.4, 0.5) is 4.39 Å². The molecule has 0 amide bonds. The van der Waals surface area contributed by atoms with Gasteiger partial charge in [-0.05, 0) is 12.1 Å². The molecule has 0 bridgehead atoms. The Morgan fingerprint density at radius 3 is 1.97 bits per heavy atom. The molecular weight excluding hydrogens is 522 g/mol. The average molecular weight is 551 g/mol. The van der Waals surface area contributed by atoms with E-state index in [4.69, 9.17) is 0 Å². The van der Waals surface area contributed by atoms with Gasteiger partial charge in [0.05, 0.1) is 0 Å². The molecule has 3 aromatic carbocycles. The summed E-state index contributed by atoms with van der Waals surface area (Å²) in [4.78, 5) is 0. The quantitative estimate of drug-likeness (QED) is 0.321. The predicted molar refractivity (Wildman–Crippen MR) is 122 cm³/mol. The van der Waals surface area contributed by atoms with Gasteiger partial charge in [0.2, 0.25) is 0 Å². The fourth-order valence-electron chi connectivity index (χ4n) is 3.19. The van der Waals surface area contributed by atoms with Gasteiger partial charge >= 0.3 is 41.9 Å². The van der Waals surface area contributed by atoms with E-state index in [2.05, 4.69) is 71.1 Å². The third kappa shape index (κ3) is 8.89. The van der Waals surface area contributed by atoms with Gasteiger partial charge in [-0.15, -0.1) is 53.6 Å². The first-order valence-corrected chi connectivity index (χ1v) is 16.1. The summed E-state index contributed by atoms with van der Waals surface area (Å²) >= 11 is 1.74. The maximum Gasteiger partial charge on any atom is 0.123 e. The normalized spacial score (nSPS) is 14.4. The van der Waals surface area contributed by atoms with Crippen LogP contribution in [0.2, 0.25) is 13.1 Å². The van der Waals surface area contributed by atoms with Gasteiger partial charge in [0, 0.05) is 0 Å². The Morgan fingerprint density at radius 1 is 0.968 bits per heavy atom. The molecule has 0 saturated carbocycles. The van der Waals surface area contributed by atoms with Crippen molar-refractivity contribution in [1.82, 2.24) is 0 Å². The van der Waals surface area contributed by atoms with Crippen LogP contribution in [0.5, 0.6) is 0 Å². The molecule has 0 heterocycles. The Balaban J connectivity index is 0.000000516. The van der Waals surface area contributed by atoms with Crippen molar-refractivity contribution in [2.75, 3.05) is 0 Å². The van der Waals surface area contributed by atoms with Crippen molar-refractivity contribution in [1.29, 1.82) is 0 Å². The zero-order valence-corrected chi connectivity index (χ0v) is 24.0. The van der Waals surface area contributed by atoms with Gasteiger partial charge in [-0.3, -0.25) is 6.08 Å². The van der Waals surface area contributed by atoms with Crippen LogP contribution < -0.4 is 24.8 Å². The molecule has 0 radical (unpaired) electrons. The van der Waals surface area contributed by atoms with E-state index >= 15 is 0 Å². The van der Waals surface area contributed by atoms with Crippen molar-refractivity contribution < 1.29 is 52.5 Å². The molecule has 4 rings (SSSR count). The van der Waals surface area contributed by atoms with E-state index < -0.39 is 0 Å². The van der Waals surface area contributed by atoms with Crippen LogP contribution in [0.3, 0.4) is 0 Å². The van der Waals surface area contributed by atoms with Crippen molar-refractivity contribution in [2.45, 2.75) is 40.8 Å². The molecule has 1 aliphatic rings. The molecule has 0 aliphatic heterocycles. The summed E-state index contributed by atoms with van der Waals surface area (Å²) in [5.41, 5.74) is 6.68. The second-order valence-corrected chi connectivity index (χ2v) is 17.0. The van der Waals surface area contributed by atoms with Crippen molar-refractivity contribution in [3.63, 3.8) is 0 Å². The van der Waals surface area contributed by atoms with Gasteiger partial charge in [-0.2, -0.15) is 11.1 Å². The maximum absolute atomic E-state index is 12.8. The third-order valence-electron chi connectivity index (χ3n) is 5.07. The second kappa shape index (κ2) is 14.3. The van der Waals surface area contributed by atoms with E-state index in [1.54, 1.807) is 23.3 Å². The Hall–Kier alpha value is -0.860. The number of allylic oxidation sites excluding steroid dienone is 4. The van der Waals surface area contributed by atoms with Crippen LogP contribution in [-0.4, -0.2) is 5.43 Å². The summed E-state index contributed by atoms with van der Waals surface area (Å²) in [5, 5.41) is 2.44. The molecule has 164 valence electrons. The standard InChI is InChI=1S/C15H10F.C9H13.C2H6Si.2ClH.Zr/c16-13-8-5-12(6-9-13)15-10-7-11-3-1-2-4-14(11)15;1-6-5-7(2)9(4)8(6)3;1-3-2;;;/h1-10H;6H,1-4H3;1-2H3;2*1H;/q2*-1;;;;+2/p-2. The SMILES string of the molecule is CC1=[C-]C(C)C(C)=C1C.C[Si](C)=[Zr+2].Fc1ccc(-c2c[cH-]c3ccccc23)cc1.[Cl-].[Cl-]. The smallest absolute Gasteiger partial charge is 0.123 e. The monoisotopic (exact) mass is 548 g/mol. The summed E-state index contributed by atoms with van der Waals surface area (Å²) in [6.45, 7) is 13.3. The van der Waals surface area contributed by atoms with Gasteiger partial charge in [0.15, 0.2) is 0 Å². The van der Waals surface area contributed by atoms with Crippen LogP contribution in [0.1, 0.15) is 27.7 Å². The van der Waals surface area contributed by atoms with E-state index in [9.17, 15) is 4.39 Å². The zero-order valence-electron chi connectivity index (χ0n) is 19.0. The molecule has 0 fully saturated rings. The number of rotatable bonds is 1. The topological polar surface area (TPSA) is 0 Å². The summed E-state index contributed by atoms with van der Waals surface area (Å²) in [6.07, 6.45) is 3.36. The van der Waals surface area contributed by atoms with Crippen LogP contribution in [0.15, 0.2) is 77.4 Å². The summed E-state index contributed by atoms with van der Waals surface area (Å²) in [7, 11) is 0. The van der Waals surface area contributed by atoms with Gasteiger partial charge in [-0.1, -0.05) is 50.5 Å². The van der Waals surface area contributed by atoms with Crippen LogP contribution >= 0.6 is 0 Å². The summed E-state index contributed by atoms with van der Waals surface area (Å²) < 4.78 is 12.8. The molecule has 0 saturated heterocycles. The number of halogens is 3. The molecule has 3 aromatic rings. The average Bonchev–Trinajstić information content (AvgIpc) is 3.20. The number of hydrogen-bond acceptors (Lipinski definition) is 0. The van der Waals surface area contributed by atoms with E-state index in [0.29, 0.717) is 5.92 Å². The number of fused-ring (bicyclic) bond motifs is 1. The van der Waals surface area contributed by atoms with E-state index in [1.165, 1.54) is 39.6 Å². The Bertz CT molecular complexity index is 1040. The fraction of sp³-hybridized carbons (Fsp3) is 0.269. The number of benzene rings is 2. The molecule has 31 heavy (non-hydrogen) atoms. The van der Waals surface area contributed by atoms with Gasteiger partial charge in [0.1, 0.15) is 5.82 Å². The Kier molecular flexibility index (Phi) is 13.9. The zero-order chi connectivity index (χ0) is 21.6. The molecule has 0 spiro atoms. The van der Waals surface area contributed by atoms with E-state index in [1.807, 2.05) is 24.3 Å². The summed E-state index contributed by atoms with van der Waals surface area (Å²) in [5.74, 6) is 0.365. The molecule has 1 aliphatic carbocycles. The third-order valence-corrected chi connectivity index (χ3v) is 5.07. The molecule has 0 aromatic heterocycles. The van der Waals surface area contributed by atoms with Gasteiger partial charge < -0.3 is 24.8 Å². The van der Waals surface area contributed by atoms with Gasteiger partial charge in [0.25, 0.3) is 0 Å². The Labute approximate surface area is 214 Å². The minimum absolute atomic E-state index is 0. The first-order chi connectivity index (χ1) is 13.7. The van der Waals surface area contributed by atoms with Crippen molar-refractivity contribution in [3.05, 3.63) is 89.3 Å². The summed E-state index contributed by atoms with van der Waals surface area (Å²) in [6, 6.07) is 19.0. The largest absolute Gasteiger partial charge is 1.00 e. The van der Waals surface area contributed by atoms with Crippen molar-refractivity contribution in [3.8, 4) is 11.1 Å². The fourth-order valence-corrected chi connectivity index (χ4v) is 3.19. The first-order valence-electron chi connectivity index (χ1n) is 9.90. The van der Waals surface area contributed by atoms with Crippen LogP contribution in [-0.2, 0) is 23.3 Å². The minimum Gasteiger partial charge on any atom is -1.00 e. The molecule has 5 heteroatoms. The van der Waals surface area contributed by atoms with Crippen molar-refractivity contribution >= 4 is 16.2 Å². The van der Waals surface area contributed by atoms with E-state index in [-0.39, 0.29) is 36.1 Å². The molecular formula is C26H29Cl2FSiZr-2. The minimum atomic E-state index is -0.195. The molecule has 0 N–H and O–H groups in total. The maximum atomic E-state index is 12.8. The predicted octanol–water partition coefficient (Wildman–Crippen LogP) is 1.88. The number of hydrogen-bond donors (Lipinski definition) is 0. The van der Waals surface area contributed by atoms with Crippen LogP contribution in [0, 0.1) is 17.8 Å². The molecule has 0 nitrogen and oxygen atoms in total. The van der Waals surface area contributed by atoms with Gasteiger partial charge in [-0.25, -0.2) is 9.96 Å². The van der Waals surface area contributed by atoms with Crippen molar-refractivity contribution in [2.24, 2.45) is 5.92 Å². The van der Waals surface area contributed by atoms with E-state index in [0.717, 1.165) is 11.1 Å². The first kappa shape index (κ1) is 30.1. The van der Waals surface area contributed by atoms with Crippen LogP contribution in [0.25, 0.3) is 21.9 Å². The molecule has 1 unspecified atom stereocenters. The Morgan fingerprint density at radius 2 is 1.52 bits per heavy atom. The second-order valence-electron chi connectivity index (χ2n) is 7.64. The molecule has 1 atom stereocenters.